The number of aromatic nitrogens is 3. The molecule has 0 aliphatic carbocycles. The van der Waals surface area contributed by atoms with Crippen molar-refractivity contribution in [2.75, 3.05) is 12.3 Å². The lowest BCUT2D eigenvalue weighted by Gasteiger charge is -2.08. The number of rotatable bonds is 9. The van der Waals surface area contributed by atoms with E-state index in [-0.39, 0.29) is 5.75 Å². The van der Waals surface area contributed by atoms with E-state index in [1.54, 1.807) is 17.1 Å². The van der Waals surface area contributed by atoms with Crippen LogP contribution in [0.15, 0.2) is 61.1 Å². The molecule has 0 radical (unpaired) electrons. The van der Waals surface area contributed by atoms with Gasteiger partial charge in [0.05, 0.1) is 11.4 Å². The highest BCUT2D eigenvalue weighted by Crippen LogP contribution is 2.20. The maximum atomic E-state index is 12.1. The number of hydrogen-bond donors (Lipinski definition) is 2. The molecule has 27 heavy (non-hydrogen) atoms. The van der Waals surface area contributed by atoms with Crippen LogP contribution < -0.4 is 10.0 Å². The molecule has 0 unspecified atom stereocenters. The first-order valence-corrected chi connectivity index (χ1v) is 10.3. The van der Waals surface area contributed by atoms with Crippen LogP contribution in [-0.4, -0.2) is 35.5 Å². The Kier molecular flexibility index (Phi) is 6.33. The van der Waals surface area contributed by atoms with Gasteiger partial charge in [-0.15, -0.1) is 0 Å². The summed E-state index contributed by atoms with van der Waals surface area (Å²) in [7, 11) is -1.47. The van der Waals surface area contributed by atoms with Crippen LogP contribution in [0.25, 0.3) is 11.3 Å². The van der Waals surface area contributed by atoms with Crippen molar-refractivity contribution < 1.29 is 8.42 Å². The molecule has 8 heteroatoms. The van der Waals surface area contributed by atoms with E-state index in [1.165, 1.54) is 0 Å². The summed E-state index contributed by atoms with van der Waals surface area (Å²) < 4.78 is 28.6. The standard InChI is InChI=1S/C19H23N5O2S/c1-24-15-18(19(23-24)17-7-9-20-10-8-17)14-21-11-12-27(25,26)22-13-16-5-3-2-4-6-16/h2-10,15,21-22H,11-14H2,1H3. The molecule has 7 nitrogen and oxygen atoms in total. The highest BCUT2D eigenvalue weighted by molar-refractivity contribution is 7.89. The van der Waals surface area contributed by atoms with Gasteiger partial charge < -0.3 is 5.32 Å². The summed E-state index contributed by atoms with van der Waals surface area (Å²) in [6.45, 7) is 1.20. The maximum absolute atomic E-state index is 12.1. The first-order valence-electron chi connectivity index (χ1n) is 8.68. The van der Waals surface area contributed by atoms with Gasteiger partial charge >= 0.3 is 0 Å². The van der Waals surface area contributed by atoms with Crippen molar-refractivity contribution in [2.24, 2.45) is 7.05 Å². The van der Waals surface area contributed by atoms with Gasteiger partial charge in [-0.2, -0.15) is 5.10 Å². The third-order valence-electron chi connectivity index (χ3n) is 4.06. The smallest absolute Gasteiger partial charge is 0.213 e. The van der Waals surface area contributed by atoms with Crippen LogP contribution in [-0.2, 0) is 30.2 Å². The van der Waals surface area contributed by atoms with Gasteiger partial charge in [-0.05, 0) is 17.7 Å². The summed E-state index contributed by atoms with van der Waals surface area (Å²) in [6.07, 6.45) is 5.39. The molecule has 0 spiro atoms. The molecule has 0 aliphatic rings. The summed E-state index contributed by atoms with van der Waals surface area (Å²) >= 11 is 0. The topological polar surface area (TPSA) is 88.9 Å². The zero-order valence-electron chi connectivity index (χ0n) is 15.2. The first-order chi connectivity index (χ1) is 13.0. The average molecular weight is 385 g/mol. The molecule has 2 N–H and O–H groups in total. The van der Waals surface area contributed by atoms with Gasteiger partial charge in [0.1, 0.15) is 0 Å². The summed E-state index contributed by atoms with van der Waals surface area (Å²) in [5, 5.41) is 7.68. The van der Waals surface area contributed by atoms with E-state index in [2.05, 4.69) is 20.1 Å². The summed E-state index contributed by atoms with van der Waals surface area (Å²) in [4.78, 5) is 4.03. The average Bonchev–Trinajstić information content (AvgIpc) is 3.06. The second kappa shape index (κ2) is 8.90. The highest BCUT2D eigenvalue weighted by atomic mass is 32.2. The third-order valence-corrected chi connectivity index (χ3v) is 5.39. The van der Waals surface area contributed by atoms with E-state index in [0.717, 1.165) is 22.4 Å². The molecule has 142 valence electrons. The van der Waals surface area contributed by atoms with Crippen LogP contribution in [0.5, 0.6) is 0 Å². The summed E-state index contributed by atoms with van der Waals surface area (Å²) in [5.41, 5.74) is 3.81. The number of aryl methyl sites for hydroxylation is 1. The van der Waals surface area contributed by atoms with Crippen molar-refractivity contribution in [1.82, 2.24) is 24.8 Å². The zero-order valence-corrected chi connectivity index (χ0v) is 16.0. The molecule has 0 bridgehead atoms. The number of sulfonamides is 1. The van der Waals surface area contributed by atoms with Crippen LogP contribution in [0, 0.1) is 0 Å². The molecule has 2 aromatic heterocycles. The molecule has 0 saturated heterocycles. The SMILES string of the molecule is Cn1cc(CNCCS(=O)(=O)NCc2ccccc2)c(-c2ccncc2)n1. The van der Waals surface area contributed by atoms with E-state index < -0.39 is 10.0 Å². The van der Waals surface area contributed by atoms with Crippen LogP contribution in [0.3, 0.4) is 0 Å². The monoisotopic (exact) mass is 385 g/mol. The Labute approximate surface area is 159 Å². The molecule has 0 aliphatic heterocycles. The van der Waals surface area contributed by atoms with Gasteiger partial charge in [0, 0.05) is 56.4 Å². The lowest BCUT2D eigenvalue weighted by Crippen LogP contribution is -2.31. The molecular formula is C19H23N5O2S. The lowest BCUT2D eigenvalue weighted by atomic mass is 10.1. The predicted molar refractivity (Wildman–Crippen MR) is 105 cm³/mol. The van der Waals surface area contributed by atoms with Crippen molar-refractivity contribution >= 4 is 10.0 Å². The molecule has 3 rings (SSSR count). The van der Waals surface area contributed by atoms with E-state index in [1.807, 2.05) is 55.7 Å². The Bertz CT molecular complexity index is 956. The predicted octanol–water partition coefficient (Wildman–Crippen LogP) is 1.69. The molecular weight excluding hydrogens is 362 g/mol. The van der Waals surface area contributed by atoms with Crippen molar-refractivity contribution in [2.45, 2.75) is 13.1 Å². The number of benzene rings is 1. The molecule has 3 aromatic rings. The second-order valence-corrected chi connectivity index (χ2v) is 8.14. The Morgan fingerprint density at radius 3 is 2.52 bits per heavy atom. The van der Waals surface area contributed by atoms with E-state index >= 15 is 0 Å². The normalized spacial score (nSPS) is 11.6. The van der Waals surface area contributed by atoms with Gasteiger partial charge in [-0.1, -0.05) is 30.3 Å². The maximum Gasteiger partial charge on any atom is 0.213 e. The van der Waals surface area contributed by atoms with Crippen molar-refractivity contribution in [3.05, 3.63) is 72.2 Å². The number of hydrogen-bond acceptors (Lipinski definition) is 5. The van der Waals surface area contributed by atoms with Gasteiger partial charge in [-0.3, -0.25) is 9.67 Å². The minimum absolute atomic E-state index is 0.0185. The van der Waals surface area contributed by atoms with E-state index in [4.69, 9.17) is 0 Å². The Balaban J connectivity index is 1.50. The number of pyridine rings is 1. The lowest BCUT2D eigenvalue weighted by molar-refractivity contribution is 0.576. The zero-order chi connectivity index (χ0) is 19.1. The molecule has 0 fully saturated rings. The fourth-order valence-electron chi connectivity index (χ4n) is 2.71. The fourth-order valence-corrected chi connectivity index (χ4v) is 3.65. The van der Waals surface area contributed by atoms with Crippen molar-refractivity contribution in [3.63, 3.8) is 0 Å². The third kappa shape index (κ3) is 5.72. The quantitative estimate of drug-likeness (QED) is 0.547. The Hall–Kier alpha value is -2.55. The fraction of sp³-hybridized carbons (Fsp3) is 0.263. The Morgan fingerprint density at radius 2 is 1.78 bits per heavy atom. The van der Waals surface area contributed by atoms with Gasteiger partial charge in [-0.25, -0.2) is 13.1 Å². The summed E-state index contributed by atoms with van der Waals surface area (Å²) in [6, 6.07) is 13.3. The molecule has 1 aromatic carbocycles. The van der Waals surface area contributed by atoms with Gasteiger partial charge in [0.2, 0.25) is 10.0 Å². The summed E-state index contributed by atoms with van der Waals surface area (Å²) in [5.74, 6) is 0.0185. The molecule has 0 atom stereocenters. The van der Waals surface area contributed by atoms with Crippen LogP contribution in [0.1, 0.15) is 11.1 Å². The number of nitrogens with zero attached hydrogens (tertiary/aromatic N) is 3. The Morgan fingerprint density at radius 1 is 1.04 bits per heavy atom. The minimum atomic E-state index is -3.33. The second-order valence-electron chi connectivity index (χ2n) is 6.21. The largest absolute Gasteiger partial charge is 0.311 e. The highest BCUT2D eigenvalue weighted by Gasteiger charge is 2.12. The molecule has 2 heterocycles. The van der Waals surface area contributed by atoms with E-state index in [9.17, 15) is 8.42 Å². The first kappa shape index (κ1) is 19.2. The van der Waals surface area contributed by atoms with Crippen LogP contribution in [0.2, 0.25) is 0 Å². The molecule has 0 amide bonds. The van der Waals surface area contributed by atoms with Gasteiger partial charge in [0.25, 0.3) is 0 Å². The molecule has 0 saturated carbocycles. The number of nitrogens with one attached hydrogen (secondary N) is 2. The minimum Gasteiger partial charge on any atom is -0.311 e. The van der Waals surface area contributed by atoms with E-state index in [0.29, 0.717) is 19.6 Å². The van der Waals surface area contributed by atoms with Crippen LogP contribution in [0.4, 0.5) is 0 Å². The van der Waals surface area contributed by atoms with Crippen molar-refractivity contribution in [1.29, 1.82) is 0 Å². The van der Waals surface area contributed by atoms with Crippen LogP contribution >= 0.6 is 0 Å². The van der Waals surface area contributed by atoms with Gasteiger partial charge in [0.15, 0.2) is 0 Å². The van der Waals surface area contributed by atoms with Crippen molar-refractivity contribution in [3.8, 4) is 11.3 Å².